The second kappa shape index (κ2) is 8.87. The van der Waals surface area contributed by atoms with Gasteiger partial charge in [0.25, 0.3) is 5.91 Å². The first kappa shape index (κ1) is 21.4. The molecule has 2 aromatic carbocycles. The summed E-state index contributed by atoms with van der Waals surface area (Å²) in [7, 11) is -3.62. The number of halogens is 1. The van der Waals surface area contributed by atoms with Crippen molar-refractivity contribution in [3.05, 3.63) is 64.2 Å². The van der Waals surface area contributed by atoms with Crippen LogP contribution in [0.15, 0.2) is 47.4 Å². The monoisotopic (exact) mass is 408 g/mol. The summed E-state index contributed by atoms with van der Waals surface area (Å²) in [6.07, 6.45) is 0. The molecule has 2 rings (SSSR count). The molecule has 0 radical (unpaired) electrons. The summed E-state index contributed by atoms with van der Waals surface area (Å²) in [6, 6.07) is 11.6. The Morgan fingerprint density at radius 2 is 1.81 bits per heavy atom. The Balaban J connectivity index is 2.31. The molecule has 7 heteroatoms. The van der Waals surface area contributed by atoms with Gasteiger partial charge in [-0.15, -0.1) is 0 Å². The Bertz CT molecular complexity index is 925. The van der Waals surface area contributed by atoms with Gasteiger partial charge in [-0.3, -0.25) is 4.79 Å². The molecule has 0 saturated carbocycles. The molecule has 5 nitrogen and oxygen atoms in total. The van der Waals surface area contributed by atoms with Crippen LogP contribution in [0.25, 0.3) is 0 Å². The number of nitrogens with one attached hydrogen (secondary N) is 1. The van der Waals surface area contributed by atoms with Crippen LogP contribution in [0.3, 0.4) is 0 Å². The average Bonchev–Trinajstić information content (AvgIpc) is 2.62. The number of rotatable bonds is 7. The van der Waals surface area contributed by atoms with Gasteiger partial charge in [0.05, 0.1) is 10.9 Å². The number of benzene rings is 2. The Morgan fingerprint density at radius 1 is 1.15 bits per heavy atom. The molecule has 146 valence electrons. The maximum Gasteiger partial charge on any atom is 0.252 e. The van der Waals surface area contributed by atoms with Crippen LogP contribution in [0, 0.1) is 6.92 Å². The highest BCUT2D eigenvalue weighted by Gasteiger charge is 2.24. The summed E-state index contributed by atoms with van der Waals surface area (Å²) in [4.78, 5) is 12.9. The minimum absolute atomic E-state index is 0.123. The normalized spacial score (nSPS) is 12.8. The molecule has 0 saturated heterocycles. The summed E-state index contributed by atoms with van der Waals surface area (Å²) < 4.78 is 26.9. The van der Waals surface area contributed by atoms with Crippen LogP contribution < -0.4 is 5.32 Å². The fourth-order valence-corrected chi connectivity index (χ4v) is 4.54. The number of hydrogen-bond donors (Lipinski definition) is 1. The summed E-state index contributed by atoms with van der Waals surface area (Å²) in [5, 5.41) is 3.50. The fraction of sp³-hybridized carbons (Fsp3) is 0.350. The number of sulfonamides is 1. The summed E-state index contributed by atoms with van der Waals surface area (Å²) in [6.45, 7) is 7.97. The van der Waals surface area contributed by atoms with Gasteiger partial charge in [0.15, 0.2) is 0 Å². The standard InChI is InChI=1S/C20H25ClN2O3S/c1-5-23(6-2)27(25,26)18-11-10-14(3)19(13-18)20(24)22-15(4)16-8-7-9-17(21)12-16/h7-13,15H,5-6H2,1-4H3,(H,22,24). The number of amides is 1. The second-order valence-corrected chi connectivity index (χ2v) is 8.69. The van der Waals surface area contributed by atoms with Crippen LogP contribution in [-0.2, 0) is 10.0 Å². The van der Waals surface area contributed by atoms with Crippen LogP contribution >= 0.6 is 11.6 Å². The Hall–Kier alpha value is -1.89. The molecule has 0 aromatic heterocycles. The van der Waals surface area contributed by atoms with Crippen molar-refractivity contribution in [1.29, 1.82) is 0 Å². The van der Waals surface area contributed by atoms with Crippen molar-refractivity contribution in [3.63, 3.8) is 0 Å². The van der Waals surface area contributed by atoms with Crippen molar-refractivity contribution >= 4 is 27.5 Å². The Kier molecular flexibility index (Phi) is 7.03. The van der Waals surface area contributed by atoms with Crippen molar-refractivity contribution in [2.45, 2.75) is 38.6 Å². The van der Waals surface area contributed by atoms with Gasteiger partial charge >= 0.3 is 0 Å². The van der Waals surface area contributed by atoms with Crippen molar-refractivity contribution in [2.24, 2.45) is 0 Å². The van der Waals surface area contributed by atoms with E-state index >= 15 is 0 Å². The van der Waals surface area contributed by atoms with E-state index in [4.69, 9.17) is 11.6 Å². The van der Waals surface area contributed by atoms with Crippen molar-refractivity contribution in [2.75, 3.05) is 13.1 Å². The van der Waals surface area contributed by atoms with Gasteiger partial charge in [-0.1, -0.05) is 43.6 Å². The highest BCUT2D eigenvalue weighted by molar-refractivity contribution is 7.89. The highest BCUT2D eigenvalue weighted by Crippen LogP contribution is 2.22. The number of nitrogens with zero attached hydrogens (tertiary/aromatic N) is 1. The second-order valence-electron chi connectivity index (χ2n) is 6.32. The Labute approximate surface area is 166 Å². The number of hydrogen-bond acceptors (Lipinski definition) is 3. The van der Waals surface area contributed by atoms with E-state index < -0.39 is 10.0 Å². The molecule has 2 aromatic rings. The molecule has 1 amide bonds. The molecule has 0 aliphatic carbocycles. The fourth-order valence-electron chi connectivity index (χ4n) is 2.85. The molecule has 0 aliphatic rings. The average molecular weight is 409 g/mol. The lowest BCUT2D eigenvalue weighted by Crippen LogP contribution is -2.31. The third-order valence-corrected chi connectivity index (χ3v) is 6.77. The van der Waals surface area contributed by atoms with Gasteiger partial charge in [0.1, 0.15) is 0 Å². The third kappa shape index (κ3) is 4.89. The predicted octanol–water partition coefficient (Wildman–Crippen LogP) is 4.17. The first-order valence-electron chi connectivity index (χ1n) is 8.87. The van der Waals surface area contributed by atoms with E-state index in [2.05, 4.69) is 5.32 Å². The predicted molar refractivity (Wildman–Crippen MR) is 109 cm³/mol. The molecule has 1 atom stereocenters. The van der Waals surface area contributed by atoms with E-state index in [1.165, 1.54) is 10.4 Å². The maximum absolute atomic E-state index is 12.8. The maximum atomic E-state index is 12.8. The van der Waals surface area contributed by atoms with E-state index in [-0.39, 0.29) is 16.8 Å². The van der Waals surface area contributed by atoms with Gasteiger partial charge in [-0.25, -0.2) is 8.42 Å². The smallest absolute Gasteiger partial charge is 0.252 e. The van der Waals surface area contributed by atoms with Crippen molar-refractivity contribution in [1.82, 2.24) is 9.62 Å². The first-order valence-corrected chi connectivity index (χ1v) is 10.7. The molecular formula is C20H25ClN2O3S. The molecule has 27 heavy (non-hydrogen) atoms. The lowest BCUT2D eigenvalue weighted by Gasteiger charge is -2.20. The molecule has 0 heterocycles. The lowest BCUT2D eigenvalue weighted by atomic mass is 10.1. The van der Waals surface area contributed by atoms with Gasteiger partial charge in [0.2, 0.25) is 10.0 Å². The molecule has 0 aliphatic heterocycles. The summed E-state index contributed by atoms with van der Waals surface area (Å²) >= 11 is 6.01. The summed E-state index contributed by atoms with van der Waals surface area (Å²) in [5.74, 6) is -0.323. The van der Waals surface area contributed by atoms with Crippen LogP contribution in [0.2, 0.25) is 5.02 Å². The van der Waals surface area contributed by atoms with Gasteiger partial charge in [-0.2, -0.15) is 4.31 Å². The van der Waals surface area contributed by atoms with Crippen LogP contribution in [-0.4, -0.2) is 31.7 Å². The van der Waals surface area contributed by atoms with Gasteiger partial charge in [0, 0.05) is 23.7 Å². The van der Waals surface area contributed by atoms with E-state index in [0.29, 0.717) is 29.2 Å². The Morgan fingerprint density at radius 3 is 2.41 bits per heavy atom. The quantitative estimate of drug-likeness (QED) is 0.747. The topological polar surface area (TPSA) is 66.5 Å². The number of carbonyl (C=O) groups excluding carboxylic acids is 1. The molecule has 1 N–H and O–H groups in total. The van der Waals surface area contributed by atoms with Crippen LogP contribution in [0.1, 0.15) is 48.3 Å². The minimum Gasteiger partial charge on any atom is -0.346 e. The molecule has 0 fully saturated rings. The zero-order valence-corrected chi connectivity index (χ0v) is 17.6. The van der Waals surface area contributed by atoms with E-state index in [9.17, 15) is 13.2 Å². The minimum atomic E-state index is -3.62. The van der Waals surface area contributed by atoms with Gasteiger partial charge < -0.3 is 5.32 Å². The molecular weight excluding hydrogens is 384 g/mol. The first-order chi connectivity index (χ1) is 12.7. The van der Waals surface area contributed by atoms with Crippen molar-refractivity contribution < 1.29 is 13.2 Å². The van der Waals surface area contributed by atoms with Crippen molar-refractivity contribution in [3.8, 4) is 0 Å². The van der Waals surface area contributed by atoms with E-state index in [1.54, 1.807) is 45.0 Å². The molecule has 0 bridgehead atoms. The molecule has 0 spiro atoms. The molecule has 1 unspecified atom stereocenters. The van der Waals surface area contributed by atoms with Crippen LogP contribution in [0.4, 0.5) is 0 Å². The van der Waals surface area contributed by atoms with E-state index in [1.807, 2.05) is 19.1 Å². The highest BCUT2D eigenvalue weighted by atomic mass is 35.5. The zero-order chi connectivity index (χ0) is 20.2. The largest absolute Gasteiger partial charge is 0.346 e. The van der Waals surface area contributed by atoms with Crippen LogP contribution in [0.5, 0.6) is 0 Å². The lowest BCUT2D eigenvalue weighted by molar-refractivity contribution is 0.0939. The number of aryl methyl sites for hydroxylation is 1. The third-order valence-electron chi connectivity index (χ3n) is 4.49. The summed E-state index contributed by atoms with van der Waals surface area (Å²) in [5.41, 5.74) is 1.93. The van der Waals surface area contributed by atoms with E-state index in [0.717, 1.165) is 5.56 Å². The SMILES string of the molecule is CCN(CC)S(=O)(=O)c1ccc(C)c(C(=O)NC(C)c2cccc(Cl)c2)c1. The zero-order valence-electron chi connectivity index (χ0n) is 16.0. The van der Waals surface area contributed by atoms with Gasteiger partial charge in [-0.05, 0) is 49.2 Å². The number of carbonyl (C=O) groups is 1.